The van der Waals surface area contributed by atoms with E-state index in [9.17, 15) is 4.57 Å². The summed E-state index contributed by atoms with van der Waals surface area (Å²) in [7, 11) is 0.428. The molecular formula is C20H33N2O4P. The maximum Gasteiger partial charge on any atom is 0.530 e. The molecule has 1 N–H and O–H groups in total. The number of likely N-dealkylation sites (N-methyl/N-ethyl adjacent to an activating group) is 1. The van der Waals surface area contributed by atoms with E-state index < -0.39 is 7.82 Å². The molecule has 0 amide bonds. The molecule has 2 rings (SSSR count). The van der Waals surface area contributed by atoms with Crippen molar-refractivity contribution in [1.82, 2.24) is 9.88 Å². The number of nitrogens with one attached hydrogen (secondary N) is 1. The Kier molecular flexibility index (Phi) is 8.84. The normalized spacial score (nSPS) is 12.2. The second kappa shape index (κ2) is 10.9. The Hall–Kier alpha value is -1.33. The number of hydrogen-bond acceptors (Lipinski definition) is 5. The van der Waals surface area contributed by atoms with Crippen LogP contribution in [0, 0.1) is 0 Å². The minimum absolute atomic E-state index is 0.358. The van der Waals surface area contributed by atoms with Crippen LogP contribution < -0.4 is 4.52 Å². The van der Waals surface area contributed by atoms with Crippen molar-refractivity contribution in [3.05, 3.63) is 30.0 Å². The molecular weight excluding hydrogens is 363 g/mol. The Morgan fingerprint density at radius 3 is 2.33 bits per heavy atom. The van der Waals surface area contributed by atoms with Crippen molar-refractivity contribution >= 4 is 18.7 Å². The number of H-pyrrole nitrogens is 1. The zero-order valence-electron chi connectivity index (χ0n) is 17.0. The number of aromatic nitrogens is 1. The number of rotatable bonds is 13. The molecule has 0 fully saturated rings. The van der Waals surface area contributed by atoms with Crippen LogP contribution in [0.3, 0.4) is 0 Å². The average Bonchev–Trinajstić information content (AvgIpc) is 3.05. The molecule has 152 valence electrons. The molecule has 0 bridgehead atoms. The predicted molar refractivity (Wildman–Crippen MR) is 111 cm³/mol. The monoisotopic (exact) mass is 396 g/mol. The molecule has 0 saturated heterocycles. The van der Waals surface area contributed by atoms with Gasteiger partial charge in [0.2, 0.25) is 0 Å². The van der Waals surface area contributed by atoms with E-state index in [0.717, 1.165) is 55.1 Å². The van der Waals surface area contributed by atoms with Crippen molar-refractivity contribution in [2.24, 2.45) is 0 Å². The van der Waals surface area contributed by atoms with Crippen LogP contribution >= 0.6 is 7.82 Å². The second-order valence-corrected chi connectivity index (χ2v) is 8.55. The lowest BCUT2D eigenvalue weighted by atomic mass is 10.1. The average molecular weight is 396 g/mol. The van der Waals surface area contributed by atoms with Crippen molar-refractivity contribution in [3.63, 3.8) is 0 Å². The van der Waals surface area contributed by atoms with Crippen LogP contribution in [0.15, 0.2) is 24.4 Å². The minimum atomic E-state index is -3.66. The summed E-state index contributed by atoms with van der Waals surface area (Å²) in [6.07, 6.45) is 6.39. The van der Waals surface area contributed by atoms with E-state index in [1.165, 1.54) is 0 Å². The molecule has 7 heteroatoms. The van der Waals surface area contributed by atoms with E-state index in [1.54, 1.807) is 0 Å². The highest BCUT2D eigenvalue weighted by atomic mass is 31.2. The third kappa shape index (κ3) is 6.65. The van der Waals surface area contributed by atoms with E-state index in [1.807, 2.05) is 38.5 Å². The highest BCUT2D eigenvalue weighted by Crippen LogP contribution is 2.51. The van der Waals surface area contributed by atoms with Crippen LogP contribution in [0.1, 0.15) is 45.1 Å². The number of fused-ring (bicyclic) bond motifs is 1. The van der Waals surface area contributed by atoms with Crippen LogP contribution in [0.2, 0.25) is 0 Å². The molecule has 0 aliphatic rings. The second-order valence-electron chi connectivity index (χ2n) is 6.96. The highest BCUT2D eigenvalue weighted by Gasteiger charge is 2.29. The van der Waals surface area contributed by atoms with Crippen LogP contribution in [0.25, 0.3) is 10.9 Å². The van der Waals surface area contributed by atoms with Gasteiger partial charge in [-0.3, -0.25) is 9.05 Å². The first kappa shape index (κ1) is 22.0. The summed E-state index contributed by atoms with van der Waals surface area (Å²) in [4.78, 5) is 5.41. The molecule has 1 heterocycles. The van der Waals surface area contributed by atoms with Gasteiger partial charge in [0.15, 0.2) is 0 Å². The summed E-state index contributed by atoms with van der Waals surface area (Å²) in [5, 5.41) is 0.942. The Morgan fingerprint density at radius 1 is 1.07 bits per heavy atom. The Labute approximate surface area is 162 Å². The lowest BCUT2D eigenvalue weighted by Gasteiger charge is -2.19. The Morgan fingerprint density at radius 2 is 1.74 bits per heavy atom. The molecule has 6 nitrogen and oxygen atoms in total. The molecule has 0 aliphatic heterocycles. The fraction of sp³-hybridized carbons (Fsp3) is 0.600. The number of phosphoric acid groups is 1. The molecule has 2 aromatic rings. The molecule has 1 aromatic carbocycles. The fourth-order valence-electron chi connectivity index (χ4n) is 2.69. The van der Waals surface area contributed by atoms with E-state index in [0.29, 0.717) is 19.0 Å². The van der Waals surface area contributed by atoms with Crippen LogP contribution in [-0.2, 0) is 20.0 Å². The van der Waals surface area contributed by atoms with E-state index in [4.69, 9.17) is 13.6 Å². The van der Waals surface area contributed by atoms with Gasteiger partial charge in [0, 0.05) is 23.6 Å². The smallest absolute Gasteiger partial charge is 0.403 e. The van der Waals surface area contributed by atoms with Gasteiger partial charge >= 0.3 is 7.82 Å². The van der Waals surface area contributed by atoms with Gasteiger partial charge in [0.25, 0.3) is 0 Å². The van der Waals surface area contributed by atoms with Gasteiger partial charge in [-0.05, 0) is 51.1 Å². The number of unbranched alkanes of at least 4 members (excludes halogenated alkanes) is 2. The largest absolute Gasteiger partial charge is 0.530 e. The summed E-state index contributed by atoms with van der Waals surface area (Å²) in [5.74, 6) is 0.541. The lowest BCUT2D eigenvalue weighted by molar-refractivity contribution is 0.152. The van der Waals surface area contributed by atoms with E-state index >= 15 is 0 Å². The van der Waals surface area contributed by atoms with Crippen molar-refractivity contribution < 1.29 is 18.1 Å². The Bertz CT molecular complexity index is 731. The summed E-state index contributed by atoms with van der Waals surface area (Å²) in [6.45, 7) is 5.75. The number of hydrogen-bond donors (Lipinski definition) is 1. The first-order valence-electron chi connectivity index (χ1n) is 9.81. The molecule has 1 aromatic heterocycles. The maximum atomic E-state index is 13.2. The quantitative estimate of drug-likeness (QED) is 0.363. The lowest BCUT2D eigenvalue weighted by Crippen LogP contribution is -2.14. The molecule has 0 spiro atoms. The first-order chi connectivity index (χ1) is 13.0. The molecule has 0 unspecified atom stereocenters. The molecule has 0 aliphatic carbocycles. The van der Waals surface area contributed by atoms with Gasteiger partial charge in [0.1, 0.15) is 5.75 Å². The minimum Gasteiger partial charge on any atom is -0.403 e. The number of phosphoric ester groups is 1. The van der Waals surface area contributed by atoms with Crippen molar-refractivity contribution in [2.75, 3.05) is 33.9 Å². The zero-order chi connectivity index (χ0) is 19.7. The first-order valence-corrected chi connectivity index (χ1v) is 11.3. The van der Waals surface area contributed by atoms with Crippen LogP contribution in [0.5, 0.6) is 5.75 Å². The summed E-state index contributed by atoms with van der Waals surface area (Å²) in [6, 6.07) is 5.70. The van der Waals surface area contributed by atoms with Gasteiger partial charge < -0.3 is 14.4 Å². The SMILES string of the molecule is CCCCOP(=O)(OCCCC)Oc1cccc2[nH]cc(CCN(C)C)c12. The highest BCUT2D eigenvalue weighted by molar-refractivity contribution is 7.48. The third-order valence-corrected chi connectivity index (χ3v) is 5.70. The third-order valence-electron chi connectivity index (χ3n) is 4.28. The van der Waals surface area contributed by atoms with E-state index in [-0.39, 0.29) is 0 Å². The van der Waals surface area contributed by atoms with Gasteiger partial charge in [-0.15, -0.1) is 0 Å². The summed E-state index contributed by atoms with van der Waals surface area (Å²) < 4.78 is 30.2. The van der Waals surface area contributed by atoms with Gasteiger partial charge in [-0.2, -0.15) is 0 Å². The molecule has 0 atom stereocenters. The number of nitrogens with zero attached hydrogens (tertiary/aromatic N) is 1. The fourth-order valence-corrected chi connectivity index (χ4v) is 3.97. The van der Waals surface area contributed by atoms with Crippen molar-refractivity contribution in [2.45, 2.75) is 46.0 Å². The maximum absolute atomic E-state index is 13.2. The summed E-state index contributed by atoms with van der Waals surface area (Å²) >= 11 is 0. The molecule has 0 radical (unpaired) electrons. The van der Waals surface area contributed by atoms with Crippen LogP contribution in [-0.4, -0.2) is 43.7 Å². The van der Waals surface area contributed by atoms with Crippen LogP contribution in [0.4, 0.5) is 0 Å². The van der Waals surface area contributed by atoms with Gasteiger partial charge in [-0.1, -0.05) is 32.8 Å². The standard InChI is InChI=1S/C20H33N2O4P/c1-5-7-14-24-27(23,25-15-8-6-2)26-19-11-9-10-18-20(19)17(16-21-18)12-13-22(3)4/h9-11,16,21H,5-8,12-15H2,1-4H3. The van der Waals surface area contributed by atoms with E-state index in [2.05, 4.69) is 23.7 Å². The summed E-state index contributed by atoms with van der Waals surface area (Å²) in [5.41, 5.74) is 2.08. The van der Waals surface area contributed by atoms with Gasteiger partial charge in [0.05, 0.1) is 13.2 Å². The molecule has 0 saturated carbocycles. The van der Waals surface area contributed by atoms with Crippen molar-refractivity contribution in [3.8, 4) is 5.75 Å². The Balaban J connectivity index is 2.25. The van der Waals surface area contributed by atoms with Gasteiger partial charge in [-0.25, -0.2) is 4.57 Å². The zero-order valence-corrected chi connectivity index (χ0v) is 17.9. The molecule has 27 heavy (non-hydrogen) atoms. The topological polar surface area (TPSA) is 63.8 Å². The predicted octanol–water partition coefficient (Wildman–Crippen LogP) is 5.39. The number of aromatic amines is 1. The number of benzene rings is 1. The van der Waals surface area contributed by atoms with Crippen molar-refractivity contribution in [1.29, 1.82) is 0 Å².